The minimum atomic E-state index is 0. The average Bonchev–Trinajstić information content (AvgIpc) is 1.00. The molecule has 0 fully saturated rings. The maximum absolute atomic E-state index is 4.53. The van der Waals surface area contributed by atoms with E-state index in [1.807, 2.05) is 33.5 Å². The molecular weight excluding hydrogens is 300 g/mol. The van der Waals surface area contributed by atoms with Gasteiger partial charge in [-0.25, -0.2) is 0 Å². The summed E-state index contributed by atoms with van der Waals surface area (Å²) in [5, 5.41) is 0. The van der Waals surface area contributed by atoms with Gasteiger partial charge in [0.1, 0.15) is 0 Å². The van der Waals surface area contributed by atoms with Crippen molar-refractivity contribution < 1.29 is 66.3 Å². The van der Waals surface area contributed by atoms with Crippen LogP contribution in [0.15, 0.2) is 0 Å². The quantitative estimate of drug-likeness (QED) is 0.419. The van der Waals surface area contributed by atoms with Crippen molar-refractivity contribution in [2.24, 2.45) is 0 Å². The van der Waals surface area contributed by atoms with Gasteiger partial charge in [-0.1, -0.05) is 0 Å². The van der Waals surface area contributed by atoms with Crippen molar-refractivity contribution in [1.82, 2.24) is 0 Å². The summed E-state index contributed by atoms with van der Waals surface area (Å²) in [4.78, 5) is 0. The van der Waals surface area contributed by atoms with Gasteiger partial charge in [-0.15, -0.1) is 0 Å². The van der Waals surface area contributed by atoms with Crippen LogP contribution in [0.25, 0.3) is 0 Å². The van der Waals surface area contributed by atoms with Gasteiger partial charge in [0, 0.05) is 0 Å². The first-order valence-electron chi connectivity index (χ1n) is 0.105. The molecule has 0 aromatic heterocycles. The van der Waals surface area contributed by atoms with E-state index in [1.54, 1.807) is 0 Å². The zero-order chi connectivity index (χ0) is 2.00. The van der Waals surface area contributed by atoms with Gasteiger partial charge in [0.05, 0.1) is 0 Å². The Hall–Kier alpha value is 1.28. The Morgan fingerprint density at radius 1 is 0.500 bits per heavy atom. The molecule has 68 valence electrons. The third-order valence-corrected chi connectivity index (χ3v) is 0. The molecule has 12 N–H and O–H groups in total. The number of halogens is 1. The molecule has 0 aliphatic heterocycles. The van der Waals surface area contributed by atoms with Crippen molar-refractivity contribution in [3.8, 4) is 0 Å². The molecule has 8 heavy (non-hydrogen) atoms. The minimum absolute atomic E-state index is 0. The van der Waals surface area contributed by atoms with E-state index >= 15 is 0 Å². The van der Waals surface area contributed by atoms with Crippen molar-refractivity contribution in [3.05, 3.63) is 0 Å². The number of rotatable bonds is 0. The van der Waals surface area contributed by atoms with E-state index in [2.05, 4.69) is 6.55 Å². The molecule has 0 atom stereocenters. The fraction of sp³-hybridized carbons (Fsp3) is 0. The second-order valence-electron chi connectivity index (χ2n) is 0. The predicted molar refractivity (Wildman–Crippen MR) is 27.5 cm³/mol. The maximum atomic E-state index is 4.53. The fourth-order valence-electron chi connectivity index (χ4n) is 0. The van der Waals surface area contributed by atoms with Crippen molar-refractivity contribution in [2.75, 3.05) is 0 Å². The average molecular weight is 312 g/mol. The van der Waals surface area contributed by atoms with Gasteiger partial charge in [0.15, 0.2) is 0 Å². The van der Waals surface area contributed by atoms with E-state index in [0.29, 0.717) is 0 Å². The molecule has 0 unspecified atom stereocenters. The third kappa shape index (κ3) is 175. The normalized spacial score (nSPS) is 0.875. The summed E-state index contributed by atoms with van der Waals surface area (Å²) >= 11 is 2.03. The second kappa shape index (κ2) is 267. The van der Waals surface area contributed by atoms with Crippen molar-refractivity contribution in [2.45, 2.75) is 0 Å². The summed E-state index contributed by atoms with van der Waals surface area (Å²) < 4.78 is 0. The molecule has 0 bridgehead atoms. The number of hydrogen-bond acceptors (Lipinski definition) is 0. The summed E-state index contributed by atoms with van der Waals surface area (Å²) in [6, 6.07) is 0. The molecule has 0 spiro atoms. The molecule has 0 rings (SSSR count). The molecular formula is H12ClO6Tm. The second-order valence-corrected chi connectivity index (χ2v) is 0. The van der Waals surface area contributed by atoms with E-state index in [4.69, 9.17) is 0 Å². The Kier molecular flexibility index (Phi) is 4070. The van der Waals surface area contributed by atoms with Gasteiger partial charge in [-0.3, -0.25) is 0 Å². The monoisotopic (exact) mass is 312 g/mol. The Bertz CT molecular complexity index is 8.49. The van der Waals surface area contributed by atoms with Crippen LogP contribution in [0, 0.1) is 33.5 Å². The topological polar surface area (TPSA) is 189 Å². The van der Waals surface area contributed by atoms with Crippen LogP contribution < -0.4 is 0 Å². The van der Waals surface area contributed by atoms with Crippen molar-refractivity contribution in [1.29, 1.82) is 0 Å². The fourth-order valence-corrected chi connectivity index (χ4v) is 0. The molecule has 6 nitrogen and oxygen atoms in total. The van der Waals surface area contributed by atoms with Crippen LogP contribution in [0.1, 0.15) is 0 Å². The standard InChI is InChI=1S/ClH.6H2O.Tm/h1H;6*1H2;/q;;;;;;;+1/p-1. The molecule has 0 heterocycles. The number of hydrogen-bond donors (Lipinski definition) is 0. The third-order valence-electron chi connectivity index (χ3n) is 0. The summed E-state index contributed by atoms with van der Waals surface area (Å²) in [5.74, 6) is 0. The summed E-state index contributed by atoms with van der Waals surface area (Å²) in [6.07, 6.45) is 0. The van der Waals surface area contributed by atoms with Gasteiger partial charge < -0.3 is 32.9 Å². The van der Waals surface area contributed by atoms with Crippen molar-refractivity contribution >= 4 is 6.55 Å². The molecule has 0 saturated carbocycles. The van der Waals surface area contributed by atoms with E-state index in [0.717, 1.165) is 0 Å². The SMILES string of the molecule is O.O.O.O.O.O.[Cl][Tm]. The van der Waals surface area contributed by atoms with E-state index in [1.165, 1.54) is 0 Å². The van der Waals surface area contributed by atoms with E-state index in [9.17, 15) is 0 Å². The van der Waals surface area contributed by atoms with Crippen LogP contribution in [0.2, 0.25) is 0 Å². The molecule has 0 radical (unpaired) electrons. The summed E-state index contributed by atoms with van der Waals surface area (Å²) in [5.41, 5.74) is 0. The summed E-state index contributed by atoms with van der Waals surface area (Å²) in [7, 11) is 0. The van der Waals surface area contributed by atoms with Gasteiger partial charge in [-0.05, 0) is 0 Å². The van der Waals surface area contributed by atoms with Crippen LogP contribution in [0.4, 0.5) is 0 Å². The molecule has 0 aliphatic carbocycles. The van der Waals surface area contributed by atoms with Gasteiger partial charge in [0.2, 0.25) is 0 Å². The van der Waals surface area contributed by atoms with Crippen LogP contribution in [-0.4, -0.2) is 32.9 Å². The molecule has 0 aliphatic rings. The Morgan fingerprint density at radius 2 is 0.500 bits per heavy atom. The van der Waals surface area contributed by atoms with E-state index < -0.39 is 0 Å². The first-order valence-corrected chi connectivity index (χ1v) is 2.33. The van der Waals surface area contributed by atoms with Crippen LogP contribution in [0.5, 0.6) is 0 Å². The molecule has 0 saturated heterocycles. The van der Waals surface area contributed by atoms with Crippen LogP contribution in [-0.2, 0) is 0 Å². The first kappa shape index (κ1) is 122. The molecule has 0 aromatic rings. The molecule has 0 aromatic carbocycles. The predicted octanol–water partition coefficient (Wildman–Crippen LogP) is -4.26. The first-order chi connectivity index (χ1) is 1.00. The summed E-state index contributed by atoms with van der Waals surface area (Å²) in [6.45, 7) is 4.53. The van der Waals surface area contributed by atoms with Gasteiger partial charge in [-0.2, -0.15) is 0 Å². The Balaban J connectivity index is -0.000000000333. The van der Waals surface area contributed by atoms with Crippen LogP contribution >= 0.6 is 6.55 Å². The van der Waals surface area contributed by atoms with Gasteiger partial charge >= 0.3 is 40.0 Å². The van der Waals surface area contributed by atoms with Gasteiger partial charge in [0.25, 0.3) is 0 Å². The molecule has 8 heteroatoms. The molecule has 0 amide bonds. The van der Waals surface area contributed by atoms with Crippen molar-refractivity contribution in [3.63, 3.8) is 0 Å². The van der Waals surface area contributed by atoms with E-state index in [-0.39, 0.29) is 32.9 Å². The zero-order valence-corrected chi connectivity index (χ0v) is 6.19. The zero-order valence-electron chi connectivity index (χ0n) is 3.66. The Morgan fingerprint density at radius 3 is 0.500 bits per heavy atom. The Labute approximate surface area is 72.5 Å². The van der Waals surface area contributed by atoms with Crippen LogP contribution in [0.3, 0.4) is 0 Å².